The molecule has 1 aromatic heterocycles. The summed E-state index contributed by atoms with van der Waals surface area (Å²) in [5, 5.41) is 20.3. The zero-order chi connectivity index (χ0) is 15.8. The first-order chi connectivity index (χ1) is 9.69. The third-order valence-electron chi connectivity index (χ3n) is 3.71. The van der Waals surface area contributed by atoms with Gasteiger partial charge in [-0.3, -0.25) is 14.3 Å². The van der Waals surface area contributed by atoms with Crippen molar-refractivity contribution in [2.24, 2.45) is 5.92 Å². The highest BCUT2D eigenvalue weighted by Gasteiger charge is 2.43. The van der Waals surface area contributed by atoms with Gasteiger partial charge < -0.3 is 14.9 Å². The first-order valence-electron chi connectivity index (χ1n) is 7.00. The van der Waals surface area contributed by atoms with Gasteiger partial charge in [0.15, 0.2) is 0 Å². The van der Waals surface area contributed by atoms with Gasteiger partial charge in [0.1, 0.15) is 6.10 Å². The Hall–Kier alpha value is -1.44. The van der Waals surface area contributed by atoms with Crippen molar-refractivity contribution in [1.82, 2.24) is 9.55 Å². The number of hydrogen-bond donors (Lipinski definition) is 3. The van der Waals surface area contributed by atoms with E-state index >= 15 is 0 Å². The van der Waals surface area contributed by atoms with Crippen molar-refractivity contribution < 1.29 is 14.9 Å². The smallest absolute Gasteiger partial charge is 0.328 e. The fourth-order valence-corrected chi connectivity index (χ4v) is 2.59. The molecule has 7 nitrogen and oxygen atoms in total. The largest absolute Gasteiger partial charge is 0.390 e. The fraction of sp³-hybridized carbons (Fsp3) is 0.714. The molecule has 1 aliphatic rings. The molecule has 0 aromatic carbocycles. The van der Waals surface area contributed by atoms with Gasteiger partial charge >= 0.3 is 5.69 Å². The Morgan fingerprint density at radius 2 is 2.00 bits per heavy atom. The fourth-order valence-electron chi connectivity index (χ4n) is 2.59. The summed E-state index contributed by atoms with van der Waals surface area (Å²) < 4.78 is 6.91. The molecule has 118 valence electrons. The highest BCUT2D eigenvalue weighted by atomic mass is 16.5. The number of hydrogen-bond acceptors (Lipinski definition) is 5. The predicted molar refractivity (Wildman–Crippen MR) is 76.2 cm³/mol. The summed E-state index contributed by atoms with van der Waals surface area (Å²) in [5.74, 6) is -0.261. The number of aliphatic hydroxyl groups excluding tert-OH is 2. The van der Waals surface area contributed by atoms with Crippen molar-refractivity contribution in [3.05, 3.63) is 33.1 Å². The minimum atomic E-state index is -1.07. The Morgan fingerprint density at radius 1 is 1.33 bits per heavy atom. The first kappa shape index (κ1) is 15.9. The molecular formula is C14H22N2O5. The molecule has 0 spiro atoms. The molecule has 1 fully saturated rings. The summed E-state index contributed by atoms with van der Waals surface area (Å²) in [7, 11) is 0. The van der Waals surface area contributed by atoms with Gasteiger partial charge in [-0.2, -0.15) is 0 Å². The second-order valence-corrected chi connectivity index (χ2v) is 6.49. The number of ether oxygens (including phenoxy) is 1. The van der Waals surface area contributed by atoms with E-state index in [0.29, 0.717) is 13.0 Å². The normalized spacial score (nSPS) is 29.8. The van der Waals surface area contributed by atoms with Crippen LogP contribution in [-0.2, 0) is 4.74 Å². The maximum atomic E-state index is 11.8. The van der Waals surface area contributed by atoms with E-state index in [1.54, 1.807) is 0 Å². The SMILES string of the molecule is CC(C)(C)OC[C@@H]1C[C@H](n2ccc(=O)[nH]c2=O)[C@@H](O)[C@H]1O. The van der Waals surface area contributed by atoms with Crippen molar-refractivity contribution in [1.29, 1.82) is 0 Å². The maximum absolute atomic E-state index is 11.8. The summed E-state index contributed by atoms with van der Waals surface area (Å²) in [6.45, 7) is 6.04. The maximum Gasteiger partial charge on any atom is 0.328 e. The van der Waals surface area contributed by atoms with Crippen molar-refractivity contribution in [3.63, 3.8) is 0 Å². The number of aromatic amines is 1. The lowest BCUT2D eigenvalue weighted by atomic mass is 10.1. The van der Waals surface area contributed by atoms with Crippen LogP contribution in [-0.4, -0.2) is 44.2 Å². The Kier molecular flexibility index (Phi) is 4.36. The molecule has 7 heteroatoms. The standard InChI is InChI=1S/C14H22N2O5/c1-14(2,3)21-7-8-6-9(12(19)11(8)18)16-5-4-10(17)15-13(16)20/h4-5,8-9,11-12,18-19H,6-7H2,1-3H3,(H,15,17,20)/t8-,9-,11-,12+/m0/s1. The van der Waals surface area contributed by atoms with Gasteiger partial charge in [-0.05, 0) is 27.2 Å². The van der Waals surface area contributed by atoms with E-state index in [-0.39, 0.29) is 11.5 Å². The highest BCUT2D eigenvalue weighted by Crippen LogP contribution is 2.35. The summed E-state index contributed by atoms with van der Waals surface area (Å²) >= 11 is 0. The van der Waals surface area contributed by atoms with E-state index in [2.05, 4.69) is 4.98 Å². The number of nitrogens with one attached hydrogen (secondary N) is 1. The van der Waals surface area contributed by atoms with Crippen molar-refractivity contribution >= 4 is 0 Å². The molecular weight excluding hydrogens is 276 g/mol. The van der Waals surface area contributed by atoms with Crippen molar-refractivity contribution in [2.75, 3.05) is 6.61 Å². The van der Waals surface area contributed by atoms with Gasteiger partial charge in [-0.1, -0.05) is 0 Å². The number of nitrogens with zero attached hydrogens (tertiary/aromatic N) is 1. The minimum absolute atomic E-state index is 0.261. The molecule has 2 rings (SSSR count). The Labute approximate surface area is 122 Å². The first-order valence-corrected chi connectivity index (χ1v) is 7.00. The molecule has 0 radical (unpaired) electrons. The summed E-state index contributed by atoms with van der Waals surface area (Å²) in [6, 6.07) is 0.650. The van der Waals surface area contributed by atoms with Crippen LogP contribution in [0.1, 0.15) is 33.2 Å². The molecule has 1 aromatic rings. The third kappa shape index (κ3) is 3.61. The summed E-state index contributed by atoms with van der Waals surface area (Å²) in [6.07, 6.45) is -0.280. The van der Waals surface area contributed by atoms with Gasteiger partial charge in [0, 0.05) is 18.2 Å². The Balaban J connectivity index is 2.16. The lowest BCUT2D eigenvalue weighted by Gasteiger charge is -2.23. The lowest BCUT2D eigenvalue weighted by molar-refractivity contribution is -0.0570. The second-order valence-electron chi connectivity index (χ2n) is 6.49. The average Bonchev–Trinajstić information content (AvgIpc) is 2.64. The molecule has 0 aliphatic heterocycles. The van der Waals surface area contributed by atoms with E-state index in [9.17, 15) is 19.8 Å². The molecule has 1 saturated carbocycles. The topological polar surface area (TPSA) is 105 Å². The van der Waals surface area contributed by atoms with Gasteiger partial charge in [0.25, 0.3) is 5.56 Å². The van der Waals surface area contributed by atoms with Crippen LogP contribution < -0.4 is 11.2 Å². The molecule has 1 heterocycles. The van der Waals surface area contributed by atoms with Crippen molar-refractivity contribution in [2.45, 2.75) is 51.0 Å². The second kappa shape index (κ2) is 5.75. The minimum Gasteiger partial charge on any atom is -0.390 e. The zero-order valence-corrected chi connectivity index (χ0v) is 12.4. The monoisotopic (exact) mass is 298 g/mol. The number of aliphatic hydroxyl groups is 2. The van der Waals surface area contributed by atoms with E-state index in [4.69, 9.17) is 4.74 Å². The van der Waals surface area contributed by atoms with Crippen LogP contribution in [0.3, 0.4) is 0 Å². The van der Waals surface area contributed by atoms with Crippen LogP contribution in [0, 0.1) is 5.92 Å². The average molecular weight is 298 g/mol. The van der Waals surface area contributed by atoms with Crippen LogP contribution in [0.2, 0.25) is 0 Å². The van der Waals surface area contributed by atoms with Gasteiger partial charge in [-0.25, -0.2) is 4.79 Å². The predicted octanol–water partition coefficient (Wildman–Crippen LogP) is -0.365. The van der Waals surface area contributed by atoms with E-state index in [1.807, 2.05) is 20.8 Å². The van der Waals surface area contributed by atoms with Crippen LogP contribution in [0.15, 0.2) is 21.9 Å². The Morgan fingerprint density at radius 3 is 2.57 bits per heavy atom. The zero-order valence-electron chi connectivity index (χ0n) is 12.4. The molecule has 0 amide bonds. The van der Waals surface area contributed by atoms with Crippen molar-refractivity contribution in [3.8, 4) is 0 Å². The van der Waals surface area contributed by atoms with Crippen LogP contribution in [0.4, 0.5) is 0 Å². The van der Waals surface area contributed by atoms with Crippen LogP contribution in [0.5, 0.6) is 0 Å². The number of H-pyrrole nitrogens is 1. The molecule has 0 saturated heterocycles. The highest BCUT2D eigenvalue weighted by molar-refractivity contribution is 4.97. The molecule has 1 aliphatic carbocycles. The van der Waals surface area contributed by atoms with E-state index in [0.717, 1.165) is 0 Å². The summed E-state index contributed by atoms with van der Waals surface area (Å²) in [5.41, 5.74) is -1.41. The Bertz CT molecular complexity index is 600. The van der Waals surface area contributed by atoms with Crippen LogP contribution >= 0.6 is 0 Å². The number of aromatic nitrogens is 2. The quantitative estimate of drug-likeness (QED) is 0.706. The molecule has 0 bridgehead atoms. The van der Waals surface area contributed by atoms with Crippen LogP contribution in [0.25, 0.3) is 0 Å². The molecule has 3 N–H and O–H groups in total. The van der Waals surface area contributed by atoms with E-state index < -0.39 is 29.5 Å². The number of rotatable bonds is 3. The summed E-state index contributed by atoms with van der Waals surface area (Å²) in [4.78, 5) is 25.0. The lowest BCUT2D eigenvalue weighted by Crippen LogP contribution is -2.37. The van der Waals surface area contributed by atoms with E-state index in [1.165, 1.54) is 16.8 Å². The van der Waals surface area contributed by atoms with Gasteiger partial charge in [0.05, 0.1) is 24.4 Å². The third-order valence-corrected chi connectivity index (χ3v) is 3.71. The van der Waals surface area contributed by atoms with Gasteiger partial charge in [0.2, 0.25) is 0 Å². The molecule has 0 unspecified atom stereocenters. The molecule has 21 heavy (non-hydrogen) atoms. The van der Waals surface area contributed by atoms with Gasteiger partial charge in [-0.15, -0.1) is 0 Å². The molecule has 4 atom stereocenters.